The Kier molecular flexibility index (Phi) is 4.23. The molecule has 0 aliphatic carbocycles. The van der Waals surface area contributed by atoms with Gasteiger partial charge < -0.3 is 10.2 Å². The van der Waals surface area contributed by atoms with Gasteiger partial charge in [-0.25, -0.2) is 0 Å². The summed E-state index contributed by atoms with van der Waals surface area (Å²) in [5, 5.41) is 2.78. The molecule has 1 fully saturated rings. The lowest BCUT2D eigenvalue weighted by Crippen LogP contribution is -2.41. The van der Waals surface area contributed by atoms with Gasteiger partial charge in [-0.05, 0) is 39.3 Å². The molecule has 2 rings (SSSR count). The van der Waals surface area contributed by atoms with Gasteiger partial charge in [0, 0.05) is 17.8 Å². The van der Waals surface area contributed by atoms with E-state index in [1.807, 2.05) is 51.1 Å². The van der Waals surface area contributed by atoms with E-state index in [2.05, 4.69) is 5.32 Å². The second kappa shape index (κ2) is 5.90. The molecule has 0 aromatic heterocycles. The lowest BCUT2D eigenvalue weighted by Gasteiger charge is -2.21. The molecule has 0 radical (unpaired) electrons. The molecule has 0 spiro atoms. The molecular formula is C16H20N2O2. The molecule has 0 saturated carbocycles. The average molecular weight is 272 g/mol. The molecule has 4 heteroatoms. The highest BCUT2D eigenvalue weighted by molar-refractivity contribution is 6.03. The molecule has 1 saturated heterocycles. The van der Waals surface area contributed by atoms with Crippen molar-refractivity contribution >= 4 is 17.5 Å². The van der Waals surface area contributed by atoms with E-state index >= 15 is 0 Å². The van der Waals surface area contributed by atoms with Gasteiger partial charge in [0.1, 0.15) is 6.04 Å². The van der Waals surface area contributed by atoms with E-state index in [0.717, 1.165) is 11.3 Å². The fourth-order valence-corrected chi connectivity index (χ4v) is 2.50. The van der Waals surface area contributed by atoms with Gasteiger partial charge in [-0.1, -0.05) is 23.8 Å². The first kappa shape index (κ1) is 14.3. The minimum atomic E-state index is -0.437. The number of carbonyl (C=O) groups excluding carboxylic acids is 2. The lowest BCUT2D eigenvalue weighted by atomic mass is 10.2. The third-order valence-electron chi connectivity index (χ3n) is 3.32. The Balaban J connectivity index is 2.11. The van der Waals surface area contributed by atoms with Crippen molar-refractivity contribution in [1.29, 1.82) is 0 Å². The minimum Gasteiger partial charge on any atom is -0.341 e. The maximum atomic E-state index is 12.4. The summed E-state index contributed by atoms with van der Waals surface area (Å²) in [4.78, 5) is 25.9. The average Bonchev–Trinajstić information content (AvgIpc) is 2.64. The Morgan fingerprint density at radius 3 is 2.55 bits per heavy atom. The van der Waals surface area contributed by atoms with E-state index in [4.69, 9.17) is 0 Å². The third-order valence-corrected chi connectivity index (χ3v) is 3.32. The second-order valence-corrected chi connectivity index (χ2v) is 5.41. The van der Waals surface area contributed by atoms with Gasteiger partial charge in [0.15, 0.2) is 0 Å². The van der Waals surface area contributed by atoms with Crippen LogP contribution in [0.25, 0.3) is 0 Å². The van der Waals surface area contributed by atoms with Crippen LogP contribution in [0.4, 0.5) is 5.69 Å². The maximum absolute atomic E-state index is 12.4. The van der Waals surface area contributed by atoms with Gasteiger partial charge in [0.05, 0.1) is 0 Å². The lowest BCUT2D eigenvalue weighted by molar-refractivity contribution is -0.123. The van der Waals surface area contributed by atoms with Crippen molar-refractivity contribution in [2.45, 2.75) is 39.3 Å². The molecule has 1 aliphatic heterocycles. The molecule has 2 atom stereocenters. The van der Waals surface area contributed by atoms with Crippen LogP contribution in [0.15, 0.2) is 42.0 Å². The van der Waals surface area contributed by atoms with Gasteiger partial charge in [0.2, 0.25) is 11.8 Å². The third kappa shape index (κ3) is 3.07. The first-order valence-electron chi connectivity index (χ1n) is 6.82. The van der Waals surface area contributed by atoms with Crippen molar-refractivity contribution in [3.8, 4) is 0 Å². The van der Waals surface area contributed by atoms with Crippen LogP contribution >= 0.6 is 0 Å². The Morgan fingerprint density at radius 2 is 1.95 bits per heavy atom. The molecule has 1 N–H and O–H groups in total. The van der Waals surface area contributed by atoms with E-state index in [1.54, 1.807) is 4.90 Å². The van der Waals surface area contributed by atoms with Crippen molar-refractivity contribution in [2.75, 3.05) is 4.90 Å². The summed E-state index contributed by atoms with van der Waals surface area (Å²) in [6.45, 7) is 5.71. The van der Waals surface area contributed by atoms with Crippen LogP contribution in [0.1, 0.15) is 27.2 Å². The van der Waals surface area contributed by atoms with Crippen LogP contribution in [0, 0.1) is 0 Å². The zero-order valence-corrected chi connectivity index (χ0v) is 12.1. The molecule has 1 aliphatic rings. The number of benzene rings is 1. The standard InChI is InChI=1S/C16H20N2O2/c1-11(2)9-15(19)17-14-10-12(3)18(16(14)20)13-7-5-4-6-8-13/h4-9,12,14H,10H2,1-3H3,(H,17,19). The van der Waals surface area contributed by atoms with E-state index in [9.17, 15) is 9.59 Å². The minimum absolute atomic E-state index is 0.0424. The molecule has 20 heavy (non-hydrogen) atoms. The molecule has 2 amide bonds. The first-order valence-corrected chi connectivity index (χ1v) is 6.82. The Hall–Kier alpha value is -2.10. The molecule has 1 heterocycles. The highest BCUT2D eigenvalue weighted by Gasteiger charge is 2.38. The molecular weight excluding hydrogens is 252 g/mol. The zero-order valence-electron chi connectivity index (χ0n) is 12.1. The van der Waals surface area contributed by atoms with Crippen molar-refractivity contribution in [3.05, 3.63) is 42.0 Å². The van der Waals surface area contributed by atoms with E-state index in [1.165, 1.54) is 6.08 Å². The molecule has 106 valence electrons. The molecule has 1 aromatic rings. The summed E-state index contributed by atoms with van der Waals surface area (Å²) in [5.74, 6) is -0.246. The number of hydrogen-bond acceptors (Lipinski definition) is 2. The van der Waals surface area contributed by atoms with Gasteiger partial charge in [-0.2, -0.15) is 0 Å². The summed E-state index contributed by atoms with van der Waals surface area (Å²) in [6, 6.07) is 9.20. The second-order valence-electron chi connectivity index (χ2n) is 5.41. The predicted octanol–water partition coefficient (Wildman–Crippen LogP) is 2.26. The van der Waals surface area contributed by atoms with Gasteiger partial charge in [-0.15, -0.1) is 0 Å². The van der Waals surface area contributed by atoms with E-state index in [0.29, 0.717) is 6.42 Å². The zero-order chi connectivity index (χ0) is 14.7. The van der Waals surface area contributed by atoms with Crippen LogP contribution < -0.4 is 10.2 Å². The SMILES string of the molecule is CC(C)=CC(=O)NC1CC(C)N(c2ccccc2)C1=O. The number of rotatable bonds is 3. The fourth-order valence-electron chi connectivity index (χ4n) is 2.50. The summed E-state index contributed by atoms with van der Waals surface area (Å²) in [5.41, 5.74) is 1.80. The van der Waals surface area contributed by atoms with Gasteiger partial charge in [0.25, 0.3) is 0 Å². The molecule has 2 unspecified atom stereocenters. The van der Waals surface area contributed by atoms with Gasteiger partial charge in [-0.3, -0.25) is 9.59 Å². The fraction of sp³-hybridized carbons (Fsp3) is 0.375. The number of anilines is 1. The van der Waals surface area contributed by atoms with Crippen LogP contribution in [0.2, 0.25) is 0 Å². The Morgan fingerprint density at radius 1 is 1.30 bits per heavy atom. The van der Waals surface area contributed by atoms with Crippen LogP contribution in [0.5, 0.6) is 0 Å². The predicted molar refractivity (Wildman–Crippen MR) is 79.4 cm³/mol. The highest BCUT2D eigenvalue weighted by atomic mass is 16.2. The van der Waals surface area contributed by atoms with Crippen LogP contribution in [0.3, 0.4) is 0 Å². The quantitative estimate of drug-likeness (QED) is 0.858. The van der Waals surface area contributed by atoms with E-state index < -0.39 is 6.04 Å². The van der Waals surface area contributed by atoms with Crippen molar-refractivity contribution in [1.82, 2.24) is 5.32 Å². The number of hydrogen-bond donors (Lipinski definition) is 1. The number of nitrogens with zero attached hydrogens (tertiary/aromatic N) is 1. The van der Waals surface area contributed by atoms with E-state index in [-0.39, 0.29) is 17.9 Å². The molecule has 4 nitrogen and oxygen atoms in total. The Bertz CT molecular complexity index is 533. The van der Waals surface area contributed by atoms with Gasteiger partial charge >= 0.3 is 0 Å². The van der Waals surface area contributed by atoms with Crippen molar-refractivity contribution < 1.29 is 9.59 Å². The largest absolute Gasteiger partial charge is 0.341 e. The topological polar surface area (TPSA) is 49.4 Å². The first-order chi connectivity index (χ1) is 9.49. The Labute approximate surface area is 119 Å². The monoisotopic (exact) mass is 272 g/mol. The highest BCUT2D eigenvalue weighted by Crippen LogP contribution is 2.26. The summed E-state index contributed by atoms with van der Waals surface area (Å²) < 4.78 is 0. The number of para-hydroxylation sites is 1. The summed E-state index contributed by atoms with van der Waals surface area (Å²) >= 11 is 0. The normalized spacial score (nSPS) is 21.8. The van der Waals surface area contributed by atoms with Crippen LogP contribution in [-0.4, -0.2) is 23.9 Å². The summed E-state index contributed by atoms with van der Waals surface area (Å²) in [7, 11) is 0. The number of nitrogens with one attached hydrogen (secondary N) is 1. The number of amides is 2. The number of carbonyl (C=O) groups is 2. The number of allylic oxidation sites excluding steroid dienone is 1. The van der Waals surface area contributed by atoms with Crippen molar-refractivity contribution in [3.63, 3.8) is 0 Å². The summed E-state index contributed by atoms with van der Waals surface area (Å²) in [6.07, 6.45) is 2.15. The van der Waals surface area contributed by atoms with Crippen LogP contribution in [-0.2, 0) is 9.59 Å². The smallest absolute Gasteiger partial charge is 0.249 e. The molecule has 1 aromatic carbocycles. The molecule has 0 bridgehead atoms. The maximum Gasteiger partial charge on any atom is 0.249 e. The van der Waals surface area contributed by atoms with Crippen molar-refractivity contribution in [2.24, 2.45) is 0 Å².